The molecule has 0 saturated heterocycles. The summed E-state index contributed by atoms with van der Waals surface area (Å²) in [6, 6.07) is 0. The largest absolute Gasteiger partial charge is 0.382 e. The van der Waals surface area contributed by atoms with Crippen LogP contribution < -0.4 is 5.48 Å². The Hall–Kier alpha value is -1.10. The molecule has 0 saturated carbocycles. The van der Waals surface area contributed by atoms with Crippen molar-refractivity contribution in [1.82, 2.24) is 5.48 Å². The summed E-state index contributed by atoms with van der Waals surface area (Å²) in [7, 11) is 0. The van der Waals surface area contributed by atoms with Crippen LogP contribution in [0, 0.1) is 0 Å². The molecule has 0 aromatic heterocycles. The van der Waals surface area contributed by atoms with Crippen molar-refractivity contribution in [2.45, 2.75) is 12.5 Å². The topological polar surface area (TPSA) is 70.9 Å². The predicted octanol–water partition coefficient (Wildman–Crippen LogP) is -0.734. The van der Waals surface area contributed by atoms with E-state index in [0.29, 0.717) is 6.42 Å². The number of hydrogen-bond donors (Lipinski definition) is 2. The van der Waals surface area contributed by atoms with Crippen LogP contribution in [0.3, 0.4) is 0 Å². The zero-order chi connectivity index (χ0) is 6.69. The van der Waals surface area contributed by atoms with Crippen molar-refractivity contribution >= 4 is 12.1 Å². The Morgan fingerprint density at radius 1 is 2.00 bits per heavy atom. The average Bonchev–Trinajstić information content (AvgIpc) is 2.37. The second-order valence-corrected chi connectivity index (χ2v) is 1.59. The third kappa shape index (κ3) is 1.17. The first-order valence-corrected chi connectivity index (χ1v) is 2.46. The van der Waals surface area contributed by atoms with Gasteiger partial charge in [-0.1, -0.05) is 5.16 Å². The van der Waals surface area contributed by atoms with E-state index in [9.17, 15) is 4.79 Å². The van der Waals surface area contributed by atoms with E-state index in [-0.39, 0.29) is 0 Å². The Morgan fingerprint density at radius 3 is 3.22 bits per heavy atom. The van der Waals surface area contributed by atoms with E-state index in [1.807, 2.05) is 0 Å². The summed E-state index contributed by atoms with van der Waals surface area (Å²) < 4.78 is 0. The van der Waals surface area contributed by atoms with E-state index in [1.54, 1.807) is 0 Å². The lowest BCUT2D eigenvalue weighted by molar-refractivity contribution is -0.139. The highest BCUT2D eigenvalue weighted by molar-refractivity contribution is 5.83. The first-order valence-electron chi connectivity index (χ1n) is 2.46. The summed E-state index contributed by atoms with van der Waals surface area (Å²) in [5.41, 5.74) is 1.46. The average molecular weight is 130 g/mol. The molecular formula is C4H6N2O3. The van der Waals surface area contributed by atoms with Gasteiger partial charge in [-0.2, -0.15) is 0 Å². The molecule has 0 bridgehead atoms. The highest BCUT2D eigenvalue weighted by Gasteiger charge is 2.21. The van der Waals surface area contributed by atoms with Gasteiger partial charge in [0.2, 0.25) is 6.10 Å². The third-order valence-corrected chi connectivity index (χ3v) is 0.985. The summed E-state index contributed by atoms with van der Waals surface area (Å²) >= 11 is 0. The summed E-state index contributed by atoms with van der Waals surface area (Å²) in [6.07, 6.45) is 1.25. The lowest BCUT2D eigenvalue weighted by Crippen LogP contribution is -2.31. The van der Waals surface area contributed by atoms with Gasteiger partial charge < -0.3 is 4.84 Å². The van der Waals surface area contributed by atoms with Gasteiger partial charge in [-0.25, -0.2) is 5.48 Å². The Kier molecular flexibility index (Phi) is 1.64. The summed E-state index contributed by atoms with van der Waals surface area (Å²) in [6.45, 7) is 0. The number of nitrogens with one attached hydrogen (secondary N) is 1. The second-order valence-electron chi connectivity index (χ2n) is 1.59. The van der Waals surface area contributed by atoms with Crippen molar-refractivity contribution < 1.29 is 14.8 Å². The van der Waals surface area contributed by atoms with Gasteiger partial charge in [0.25, 0.3) is 5.91 Å². The molecular weight excluding hydrogens is 124 g/mol. The molecule has 1 rings (SSSR count). The maximum absolute atomic E-state index is 10.4. The zero-order valence-electron chi connectivity index (χ0n) is 4.57. The minimum atomic E-state index is -0.644. The first kappa shape index (κ1) is 6.03. The molecule has 0 aromatic rings. The van der Waals surface area contributed by atoms with Gasteiger partial charge in [-0.3, -0.25) is 10.0 Å². The van der Waals surface area contributed by atoms with Gasteiger partial charge in [0.15, 0.2) is 0 Å². The van der Waals surface area contributed by atoms with Gasteiger partial charge in [0, 0.05) is 12.6 Å². The summed E-state index contributed by atoms with van der Waals surface area (Å²) in [4.78, 5) is 15.0. The van der Waals surface area contributed by atoms with Crippen molar-refractivity contribution in [2.75, 3.05) is 0 Å². The molecule has 50 valence electrons. The molecule has 9 heavy (non-hydrogen) atoms. The summed E-state index contributed by atoms with van der Waals surface area (Å²) in [5.74, 6) is -0.562. The van der Waals surface area contributed by atoms with Crippen molar-refractivity contribution in [3.8, 4) is 0 Å². The molecule has 1 aliphatic heterocycles. The third-order valence-electron chi connectivity index (χ3n) is 0.985. The van der Waals surface area contributed by atoms with E-state index < -0.39 is 12.0 Å². The molecule has 1 heterocycles. The Balaban J connectivity index is 2.36. The molecule has 0 radical (unpaired) electrons. The van der Waals surface area contributed by atoms with Crippen LogP contribution >= 0.6 is 0 Å². The predicted molar refractivity (Wildman–Crippen MR) is 27.9 cm³/mol. The Morgan fingerprint density at radius 2 is 2.78 bits per heavy atom. The number of nitrogens with zero attached hydrogens (tertiary/aromatic N) is 1. The van der Waals surface area contributed by atoms with Crippen molar-refractivity contribution in [2.24, 2.45) is 5.16 Å². The van der Waals surface area contributed by atoms with Crippen molar-refractivity contribution in [3.63, 3.8) is 0 Å². The number of carbonyl (C=O) groups excluding carboxylic acids is 1. The van der Waals surface area contributed by atoms with Crippen LogP contribution in [0.15, 0.2) is 5.16 Å². The molecule has 1 aliphatic rings. The number of rotatable bonds is 1. The SMILES string of the molecule is O=C(NO)C1CC=NO1. The van der Waals surface area contributed by atoms with Gasteiger partial charge >= 0.3 is 0 Å². The van der Waals surface area contributed by atoms with Crippen LogP contribution in [0.25, 0.3) is 0 Å². The number of hydroxylamine groups is 1. The Bertz CT molecular complexity index is 137. The van der Waals surface area contributed by atoms with Crippen molar-refractivity contribution in [1.29, 1.82) is 0 Å². The minimum Gasteiger partial charge on any atom is -0.382 e. The Labute approximate surface area is 51.3 Å². The van der Waals surface area contributed by atoms with Crippen LogP contribution in [0.5, 0.6) is 0 Å². The van der Waals surface area contributed by atoms with Crippen molar-refractivity contribution in [3.05, 3.63) is 0 Å². The van der Waals surface area contributed by atoms with E-state index in [4.69, 9.17) is 5.21 Å². The normalized spacial score (nSPS) is 23.4. The molecule has 1 atom stereocenters. The zero-order valence-corrected chi connectivity index (χ0v) is 4.57. The quantitative estimate of drug-likeness (QED) is 0.363. The van der Waals surface area contributed by atoms with E-state index in [0.717, 1.165) is 0 Å². The molecule has 1 amide bonds. The molecule has 5 heteroatoms. The highest BCUT2D eigenvalue weighted by atomic mass is 16.6. The maximum Gasteiger partial charge on any atom is 0.287 e. The number of hydrogen-bond acceptors (Lipinski definition) is 4. The fourth-order valence-electron chi connectivity index (χ4n) is 0.525. The summed E-state index contributed by atoms with van der Waals surface area (Å²) in [5, 5.41) is 11.4. The van der Waals surface area contributed by atoms with Crippen LogP contribution in [0.1, 0.15) is 6.42 Å². The fraction of sp³-hybridized carbons (Fsp3) is 0.500. The van der Waals surface area contributed by atoms with E-state index in [1.165, 1.54) is 11.7 Å². The van der Waals surface area contributed by atoms with Gasteiger partial charge in [-0.15, -0.1) is 0 Å². The van der Waals surface area contributed by atoms with Crippen LogP contribution in [-0.4, -0.2) is 23.4 Å². The lowest BCUT2D eigenvalue weighted by Gasteiger charge is -2.02. The lowest BCUT2D eigenvalue weighted by atomic mass is 10.3. The molecule has 5 nitrogen and oxygen atoms in total. The number of carbonyl (C=O) groups is 1. The van der Waals surface area contributed by atoms with Gasteiger partial charge in [-0.05, 0) is 0 Å². The smallest absolute Gasteiger partial charge is 0.287 e. The molecule has 0 spiro atoms. The highest BCUT2D eigenvalue weighted by Crippen LogP contribution is 2.03. The number of oxime groups is 1. The first-order chi connectivity index (χ1) is 4.34. The number of amides is 1. The molecule has 2 N–H and O–H groups in total. The van der Waals surface area contributed by atoms with Crippen LogP contribution in [-0.2, 0) is 9.63 Å². The second kappa shape index (κ2) is 2.45. The van der Waals surface area contributed by atoms with E-state index >= 15 is 0 Å². The maximum atomic E-state index is 10.4. The van der Waals surface area contributed by atoms with Crippen LogP contribution in [0.4, 0.5) is 0 Å². The van der Waals surface area contributed by atoms with Gasteiger partial charge in [0.05, 0.1) is 0 Å². The monoisotopic (exact) mass is 130 g/mol. The molecule has 0 aromatic carbocycles. The fourth-order valence-corrected chi connectivity index (χ4v) is 0.525. The van der Waals surface area contributed by atoms with Crippen LogP contribution in [0.2, 0.25) is 0 Å². The molecule has 0 aliphatic carbocycles. The van der Waals surface area contributed by atoms with Gasteiger partial charge in [0.1, 0.15) is 0 Å². The molecule has 0 fully saturated rings. The minimum absolute atomic E-state index is 0.423. The molecule has 1 unspecified atom stereocenters. The standard InChI is InChI=1S/C4H6N2O3/c7-4(6-8)3-1-2-5-9-3/h2-3,8H,1H2,(H,6,7). The van der Waals surface area contributed by atoms with E-state index in [2.05, 4.69) is 9.99 Å².